The van der Waals surface area contributed by atoms with Crippen LogP contribution in [-0.2, 0) is 11.2 Å². The number of amides is 1. The van der Waals surface area contributed by atoms with Crippen molar-refractivity contribution in [3.63, 3.8) is 0 Å². The van der Waals surface area contributed by atoms with Gasteiger partial charge in [0.15, 0.2) is 6.61 Å². The summed E-state index contributed by atoms with van der Waals surface area (Å²) < 4.78 is 5.19. The van der Waals surface area contributed by atoms with Gasteiger partial charge in [-0.1, -0.05) is 0 Å². The molecule has 82 valence electrons. The maximum Gasteiger partial charge on any atom is 0.257 e. The zero-order chi connectivity index (χ0) is 11.1. The molecule has 0 unspecified atom stereocenters. The highest BCUT2D eigenvalue weighted by Gasteiger charge is 2.00. The topological polar surface area (TPSA) is 77.2 Å². The Morgan fingerprint density at radius 2 is 2.40 bits per heavy atom. The fourth-order valence-corrected chi connectivity index (χ4v) is 1.01. The van der Waals surface area contributed by atoms with Crippen LogP contribution < -0.4 is 15.8 Å². The largest absolute Gasteiger partial charge is 0.482 e. The first kappa shape index (κ1) is 11.5. The van der Waals surface area contributed by atoms with Gasteiger partial charge < -0.3 is 15.8 Å². The van der Waals surface area contributed by atoms with Gasteiger partial charge in [0.05, 0.1) is 6.20 Å². The second kappa shape index (κ2) is 5.98. The number of nitrogens with zero attached hydrogens (tertiary/aromatic N) is 1. The fraction of sp³-hybridized carbons (Fsp3) is 0.400. The van der Waals surface area contributed by atoms with E-state index in [4.69, 9.17) is 10.5 Å². The van der Waals surface area contributed by atoms with Crippen LogP contribution in [0.1, 0.15) is 5.69 Å². The molecule has 1 rings (SSSR count). The zero-order valence-corrected chi connectivity index (χ0v) is 8.69. The highest BCUT2D eigenvalue weighted by Crippen LogP contribution is 2.08. The van der Waals surface area contributed by atoms with Crippen LogP contribution in [0.3, 0.4) is 0 Å². The molecule has 1 aromatic rings. The van der Waals surface area contributed by atoms with Gasteiger partial charge in [-0.15, -0.1) is 0 Å². The van der Waals surface area contributed by atoms with E-state index in [1.165, 1.54) is 0 Å². The van der Waals surface area contributed by atoms with Crippen LogP contribution in [0.4, 0.5) is 0 Å². The van der Waals surface area contributed by atoms with Gasteiger partial charge in [0.1, 0.15) is 5.75 Å². The number of nitrogens with two attached hydrogens (primary N) is 1. The summed E-state index contributed by atoms with van der Waals surface area (Å²) in [6.07, 6.45) is 2.34. The predicted molar refractivity (Wildman–Crippen MR) is 56.6 cm³/mol. The zero-order valence-electron chi connectivity index (χ0n) is 8.69. The summed E-state index contributed by atoms with van der Waals surface area (Å²) in [5, 5.41) is 2.47. The molecule has 5 heteroatoms. The minimum absolute atomic E-state index is 0.00835. The van der Waals surface area contributed by atoms with E-state index in [2.05, 4.69) is 10.3 Å². The first-order valence-corrected chi connectivity index (χ1v) is 4.74. The Hall–Kier alpha value is -1.62. The van der Waals surface area contributed by atoms with Gasteiger partial charge in [-0.05, 0) is 18.7 Å². The van der Waals surface area contributed by atoms with Gasteiger partial charge in [-0.25, -0.2) is 0 Å². The van der Waals surface area contributed by atoms with Crippen LogP contribution in [0.25, 0.3) is 0 Å². The van der Waals surface area contributed by atoms with Crippen LogP contribution in [0, 0.1) is 0 Å². The van der Waals surface area contributed by atoms with Crippen LogP contribution in [0.15, 0.2) is 18.3 Å². The smallest absolute Gasteiger partial charge is 0.257 e. The number of hydrogen-bond donors (Lipinski definition) is 2. The molecule has 0 saturated carbocycles. The van der Waals surface area contributed by atoms with E-state index in [9.17, 15) is 4.79 Å². The maximum absolute atomic E-state index is 10.9. The van der Waals surface area contributed by atoms with Gasteiger partial charge in [0, 0.05) is 19.2 Å². The molecule has 0 fully saturated rings. The molecule has 1 heterocycles. The molecule has 0 aliphatic heterocycles. The predicted octanol–water partition coefficient (Wildman–Crippen LogP) is -0.292. The Kier molecular flexibility index (Phi) is 4.56. The third-order valence-electron chi connectivity index (χ3n) is 1.85. The standard InChI is InChI=1S/C10H15N3O2/c1-12-10(14)7-15-9-3-2-8(4-5-11)13-6-9/h2-3,6H,4-5,7,11H2,1H3,(H,12,14). The Bertz CT molecular complexity index is 311. The number of rotatable bonds is 5. The number of likely N-dealkylation sites (N-methyl/N-ethyl adjacent to an activating group) is 1. The number of nitrogens with one attached hydrogen (secondary N) is 1. The van der Waals surface area contributed by atoms with Gasteiger partial charge in [-0.2, -0.15) is 0 Å². The van der Waals surface area contributed by atoms with E-state index >= 15 is 0 Å². The highest BCUT2D eigenvalue weighted by molar-refractivity contribution is 5.77. The van der Waals surface area contributed by atoms with Gasteiger partial charge in [0.2, 0.25) is 0 Å². The summed E-state index contributed by atoms with van der Waals surface area (Å²) in [5.74, 6) is 0.417. The monoisotopic (exact) mass is 209 g/mol. The van der Waals surface area contributed by atoms with Crippen molar-refractivity contribution in [3.05, 3.63) is 24.0 Å². The molecule has 3 N–H and O–H groups in total. The van der Waals surface area contributed by atoms with Crippen LogP contribution in [-0.4, -0.2) is 31.1 Å². The first-order valence-electron chi connectivity index (χ1n) is 4.74. The highest BCUT2D eigenvalue weighted by atomic mass is 16.5. The lowest BCUT2D eigenvalue weighted by molar-refractivity contribution is -0.122. The summed E-state index contributed by atoms with van der Waals surface area (Å²) in [6, 6.07) is 3.62. The van der Waals surface area contributed by atoms with Crippen molar-refractivity contribution >= 4 is 5.91 Å². The normalized spacial score (nSPS) is 9.73. The van der Waals surface area contributed by atoms with Crippen molar-refractivity contribution in [1.82, 2.24) is 10.3 Å². The summed E-state index contributed by atoms with van der Waals surface area (Å²) in [7, 11) is 1.56. The Labute approximate surface area is 88.6 Å². The molecule has 15 heavy (non-hydrogen) atoms. The van der Waals surface area contributed by atoms with Crippen molar-refractivity contribution < 1.29 is 9.53 Å². The Morgan fingerprint density at radius 3 is 2.93 bits per heavy atom. The van der Waals surface area contributed by atoms with Crippen LogP contribution >= 0.6 is 0 Å². The minimum atomic E-state index is -0.166. The second-order valence-electron chi connectivity index (χ2n) is 2.99. The molecule has 0 radical (unpaired) electrons. The lowest BCUT2D eigenvalue weighted by Crippen LogP contribution is -2.24. The van der Waals surface area contributed by atoms with Gasteiger partial charge in [0.25, 0.3) is 5.91 Å². The second-order valence-corrected chi connectivity index (χ2v) is 2.99. The molecule has 0 atom stereocenters. The van der Waals surface area contributed by atoms with Crippen LogP contribution in [0.2, 0.25) is 0 Å². The number of carbonyl (C=O) groups excluding carboxylic acids is 1. The van der Waals surface area contributed by atoms with Crippen molar-refractivity contribution in [2.75, 3.05) is 20.2 Å². The average Bonchev–Trinajstić information content (AvgIpc) is 2.28. The van der Waals surface area contributed by atoms with Crippen molar-refractivity contribution in [1.29, 1.82) is 0 Å². The van der Waals surface area contributed by atoms with Crippen molar-refractivity contribution in [2.45, 2.75) is 6.42 Å². The van der Waals surface area contributed by atoms with Gasteiger partial charge in [-0.3, -0.25) is 9.78 Å². The molecular formula is C10H15N3O2. The molecule has 0 saturated heterocycles. The van der Waals surface area contributed by atoms with E-state index in [1.807, 2.05) is 6.07 Å². The molecule has 0 bridgehead atoms. The quantitative estimate of drug-likeness (QED) is 0.698. The van der Waals surface area contributed by atoms with Crippen molar-refractivity contribution in [3.8, 4) is 5.75 Å². The molecule has 0 aliphatic carbocycles. The number of pyridine rings is 1. The van der Waals surface area contributed by atoms with Gasteiger partial charge >= 0.3 is 0 Å². The lowest BCUT2D eigenvalue weighted by Gasteiger charge is -2.05. The minimum Gasteiger partial charge on any atom is -0.482 e. The molecule has 5 nitrogen and oxygen atoms in total. The number of aromatic nitrogens is 1. The first-order chi connectivity index (χ1) is 7.26. The SMILES string of the molecule is CNC(=O)COc1ccc(CCN)nc1. The number of carbonyl (C=O) groups is 1. The third kappa shape index (κ3) is 3.95. The van der Waals surface area contributed by atoms with E-state index in [1.54, 1.807) is 19.3 Å². The molecule has 0 aliphatic rings. The Balaban J connectivity index is 2.45. The summed E-state index contributed by atoms with van der Waals surface area (Å²) >= 11 is 0. The van der Waals surface area contributed by atoms with E-state index in [0.717, 1.165) is 12.1 Å². The summed E-state index contributed by atoms with van der Waals surface area (Å²) in [5.41, 5.74) is 6.31. The number of hydrogen-bond acceptors (Lipinski definition) is 4. The fourth-order valence-electron chi connectivity index (χ4n) is 1.01. The van der Waals surface area contributed by atoms with E-state index < -0.39 is 0 Å². The lowest BCUT2D eigenvalue weighted by atomic mass is 10.3. The van der Waals surface area contributed by atoms with E-state index in [-0.39, 0.29) is 12.5 Å². The third-order valence-corrected chi connectivity index (χ3v) is 1.85. The molecular weight excluding hydrogens is 194 g/mol. The summed E-state index contributed by atoms with van der Waals surface area (Å²) in [6.45, 7) is 0.583. The van der Waals surface area contributed by atoms with Crippen molar-refractivity contribution in [2.24, 2.45) is 5.73 Å². The van der Waals surface area contributed by atoms with Crippen LogP contribution in [0.5, 0.6) is 5.75 Å². The molecule has 1 amide bonds. The number of ether oxygens (including phenoxy) is 1. The molecule has 1 aromatic heterocycles. The molecule has 0 spiro atoms. The average molecular weight is 209 g/mol. The maximum atomic E-state index is 10.9. The van der Waals surface area contributed by atoms with E-state index in [0.29, 0.717) is 12.3 Å². The Morgan fingerprint density at radius 1 is 1.60 bits per heavy atom. The summed E-state index contributed by atoms with van der Waals surface area (Å²) in [4.78, 5) is 15.0. The molecule has 0 aromatic carbocycles.